The average molecular weight is 368 g/mol. The van der Waals surface area contributed by atoms with Crippen LogP contribution in [0.4, 0.5) is 0 Å². The molecule has 0 saturated heterocycles. The Morgan fingerprint density at radius 1 is 1.15 bits per heavy atom. The van der Waals surface area contributed by atoms with E-state index in [9.17, 15) is 9.90 Å². The molecule has 0 aliphatic rings. The Hall–Kier alpha value is -3.06. The third-order valence-electron chi connectivity index (χ3n) is 3.34. The summed E-state index contributed by atoms with van der Waals surface area (Å²) in [7, 11) is 0. The summed E-state index contributed by atoms with van der Waals surface area (Å²) in [5.41, 5.74) is 1.81. The van der Waals surface area contributed by atoms with E-state index in [2.05, 4.69) is 10.2 Å². The third kappa shape index (κ3) is 4.97. The second-order valence-corrected chi connectivity index (χ2v) is 6.34. The maximum Gasteiger partial charge on any atom is 0.342 e. The third-order valence-corrected chi connectivity index (χ3v) is 4.19. The van der Waals surface area contributed by atoms with Crippen LogP contribution in [0.1, 0.15) is 17.0 Å². The number of aliphatic carboxylic acids is 1. The fourth-order valence-corrected chi connectivity index (χ4v) is 2.82. The molecule has 0 spiro atoms. The first-order valence-electron chi connectivity index (χ1n) is 7.80. The Labute approximate surface area is 154 Å². The molecule has 3 rings (SSSR count). The number of hydrogen-bond acceptors (Lipinski definition) is 6. The number of ether oxygens (including phenoxy) is 1. The summed E-state index contributed by atoms with van der Waals surface area (Å²) in [6, 6.07) is 17.1. The van der Waals surface area contributed by atoms with Gasteiger partial charge in [-0.25, -0.2) is 4.79 Å². The second-order valence-electron chi connectivity index (χ2n) is 5.35. The van der Waals surface area contributed by atoms with Crippen LogP contribution >= 0.6 is 11.8 Å². The molecule has 1 N–H and O–H groups in total. The van der Waals surface area contributed by atoms with Crippen LogP contribution in [0.5, 0.6) is 5.75 Å². The normalized spacial score (nSPS) is 11.3. The van der Waals surface area contributed by atoms with Crippen molar-refractivity contribution in [2.45, 2.75) is 18.8 Å². The van der Waals surface area contributed by atoms with E-state index in [0.717, 1.165) is 22.9 Å². The summed E-state index contributed by atoms with van der Waals surface area (Å²) in [6.45, 7) is 2.12. The first-order chi connectivity index (χ1) is 12.6. The standard InChI is InChI=1S/C19H16N2O4S/c1-13-20-21-19(25-13)26-17(18(22)23)11-14-7-9-16(10-8-14)24-12-15-5-3-2-4-6-15/h2-11H,12H2,1H3,(H,22,23)/b17-11-. The van der Waals surface area contributed by atoms with Gasteiger partial charge in [-0.2, -0.15) is 0 Å². The molecule has 7 heteroatoms. The Kier molecular flexibility index (Phi) is 5.70. The van der Waals surface area contributed by atoms with Crippen molar-refractivity contribution in [3.05, 3.63) is 76.5 Å². The van der Waals surface area contributed by atoms with Crippen molar-refractivity contribution in [2.24, 2.45) is 0 Å². The number of carbonyl (C=O) groups is 1. The molecule has 0 atom stereocenters. The van der Waals surface area contributed by atoms with Crippen LogP contribution in [0.15, 0.2) is 69.1 Å². The molecule has 0 amide bonds. The molecule has 0 unspecified atom stereocenters. The molecule has 0 aliphatic heterocycles. The zero-order chi connectivity index (χ0) is 18.4. The van der Waals surface area contributed by atoms with Gasteiger partial charge in [-0.1, -0.05) is 42.5 Å². The molecular formula is C19H16N2O4S. The van der Waals surface area contributed by atoms with Crippen molar-refractivity contribution >= 4 is 23.8 Å². The Morgan fingerprint density at radius 2 is 1.88 bits per heavy atom. The number of nitrogens with zero attached hydrogens (tertiary/aromatic N) is 2. The smallest absolute Gasteiger partial charge is 0.342 e. The van der Waals surface area contributed by atoms with E-state index in [1.54, 1.807) is 37.3 Å². The van der Waals surface area contributed by atoms with E-state index < -0.39 is 5.97 Å². The van der Waals surface area contributed by atoms with Gasteiger partial charge in [0, 0.05) is 6.92 Å². The topological polar surface area (TPSA) is 85.5 Å². The van der Waals surface area contributed by atoms with Gasteiger partial charge in [-0.05, 0) is 41.1 Å². The number of aromatic nitrogens is 2. The van der Waals surface area contributed by atoms with Crippen LogP contribution in [-0.4, -0.2) is 21.3 Å². The lowest BCUT2D eigenvalue weighted by Gasteiger charge is -2.06. The Morgan fingerprint density at radius 3 is 2.50 bits per heavy atom. The Balaban J connectivity index is 1.67. The molecule has 0 radical (unpaired) electrons. The maximum absolute atomic E-state index is 11.4. The highest BCUT2D eigenvalue weighted by atomic mass is 32.2. The molecule has 26 heavy (non-hydrogen) atoms. The van der Waals surface area contributed by atoms with Crippen molar-refractivity contribution < 1.29 is 19.1 Å². The van der Waals surface area contributed by atoms with Gasteiger partial charge in [0.1, 0.15) is 17.3 Å². The zero-order valence-electron chi connectivity index (χ0n) is 14.0. The van der Waals surface area contributed by atoms with Crippen molar-refractivity contribution in [3.8, 4) is 5.75 Å². The van der Waals surface area contributed by atoms with Gasteiger partial charge in [-0.15, -0.1) is 10.2 Å². The summed E-state index contributed by atoms with van der Waals surface area (Å²) in [6.07, 6.45) is 1.55. The Bertz CT molecular complexity index is 905. The van der Waals surface area contributed by atoms with Gasteiger partial charge in [0.25, 0.3) is 5.22 Å². The highest BCUT2D eigenvalue weighted by Gasteiger charge is 2.14. The summed E-state index contributed by atoms with van der Waals surface area (Å²) in [5.74, 6) is 0.0375. The van der Waals surface area contributed by atoms with Gasteiger partial charge in [0.2, 0.25) is 5.89 Å². The van der Waals surface area contributed by atoms with E-state index in [1.165, 1.54) is 0 Å². The summed E-state index contributed by atoms with van der Waals surface area (Å²) in [5, 5.41) is 17.0. The lowest BCUT2D eigenvalue weighted by Crippen LogP contribution is -1.97. The van der Waals surface area contributed by atoms with Gasteiger partial charge in [-0.3, -0.25) is 0 Å². The second kappa shape index (κ2) is 8.35. The first kappa shape index (κ1) is 17.8. The summed E-state index contributed by atoms with van der Waals surface area (Å²) in [4.78, 5) is 11.5. The number of carboxylic acids is 1. The quantitative estimate of drug-likeness (QED) is 0.495. The van der Waals surface area contributed by atoms with Gasteiger partial charge < -0.3 is 14.3 Å². The number of aryl methyl sites for hydroxylation is 1. The SMILES string of the molecule is Cc1nnc(S/C(=C\c2ccc(OCc3ccccc3)cc2)C(=O)O)o1. The molecule has 1 heterocycles. The van der Waals surface area contributed by atoms with Gasteiger partial charge in [0.05, 0.1) is 0 Å². The van der Waals surface area contributed by atoms with E-state index in [4.69, 9.17) is 9.15 Å². The van der Waals surface area contributed by atoms with Crippen LogP contribution in [0.3, 0.4) is 0 Å². The van der Waals surface area contributed by atoms with E-state index in [-0.39, 0.29) is 10.1 Å². The van der Waals surface area contributed by atoms with Crippen molar-refractivity contribution in [1.29, 1.82) is 0 Å². The minimum atomic E-state index is -1.06. The van der Waals surface area contributed by atoms with E-state index in [0.29, 0.717) is 18.2 Å². The molecule has 2 aromatic carbocycles. The first-order valence-corrected chi connectivity index (χ1v) is 8.61. The van der Waals surface area contributed by atoms with Crippen molar-refractivity contribution in [1.82, 2.24) is 10.2 Å². The van der Waals surface area contributed by atoms with E-state index >= 15 is 0 Å². The minimum Gasteiger partial charge on any atom is -0.489 e. The lowest BCUT2D eigenvalue weighted by atomic mass is 10.2. The summed E-state index contributed by atoms with van der Waals surface area (Å²) < 4.78 is 10.9. The fraction of sp³-hybridized carbons (Fsp3) is 0.105. The highest BCUT2D eigenvalue weighted by molar-refractivity contribution is 8.03. The molecule has 3 aromatic rings. The molecule has 0 aliphatic carbocycles. The molecule has 6 nitrogen and oxygen atoms in total. The number of benzene rings is 2. The molecule has 1 aromatic heterocycles. The van der Waals surface area contributed by atoms with Crippen LogP contribution in [-0.2, 0) is 11.4 Å². The molecule has 0 saturated carbocycles. The van der Waals surface area contributed by atoms with Gasteiger partial charge in [0.15, 0.2) is 0 Å². The largest absolute Gasteiger partial charge is 0.489 e. The number of hydrogen-bond donors (Lipinski definition) is 1. The van der Waals surface area contributed by atoms with Crippen molar-refractivity contribution in [3.63, 3.8) is 0 Å². The van der Waals surface area contributed by atoms with Crippen molar-refractivity contribution in [2.75, 3.05) is 0 Å². The zero-order valence-corrected chi connectivity index (χ0v) is 14.8. The van der Waals surface area contributed by atoms with Crippen LogP contribution in [0.2, 0.25) is 0 Å². The van der Waals surface area contributed by atoms with E-state index in [1.807, 2.05) is 30.3 Å². The molecule has 0 fully saturated rings. The predicted octanol–water partition coefficient (Wildman–Crippen LogP) is 4.17. The fourth-order valence-electron chi connectivity index (χ4n) is 2.10. The molecule has 132 valence electrons. The summed E-state index contributed by atoms with van der Waals surface area (Å²) >= 11 is 0.914. The molecule has 0 bridgehead atoms. The maximum atomic E-state index is 11.4. The minimum absolute atomic E-state index is 0.0894. The van der Waals surface area contributed by atoms with Gasteiger partial charge >= 0.3 is 5.97 Å². The number of rotatable bonds is 7. The predicted molar refractivity (Wildman–Crippen MR) is 97.7 cm³/mol. The number of carboxylic acid groups (broad SMARTS) is 1. The molecular weight excluding hydrogens is 352 g/mol. The van der Waals surface area contributed by atoms with Crippen LogP contribution < -0.4 is 4.74 Å². The monoisotopic (exact) mass is 368 g/mol. The highest BCUT2D eigenvalue weighted by Crippen LogP contribution is 2.27. The lowest BCUT2D eigenvalue weighted by molar-refractivity contribution is -0.131. The van der Waals surface area contributed by atoms with Crippen LogP contribution in [0.25, 0.3) is 6.08 Å². The van der Waals surface area contributed by atoms with Crippen LogP contribution in [0, 0.1) is 6.92 Å². The number of thioether (sulfide) groups is 1. The average Bonchev–Trinajstić information content (AvgIpc) is 3.06.